The Kier molecular flexibility index (Phi) is 2.40. The van der Waals surface area contributed by atoms with Crippen LogP contribution in [0.1, 0.15) is 51.1 Å². The highest BCUT2D eigenvalue weighted by Gasteiger charge is 2.22. The van der Waals surface area contributed by atoms with Crippen LogP contribution >= 0.6 is 0 Å². The maximum absolute atomic E-state index is 12.0. The summed E-state index contributed by atoms with van der Waals surface area (Å²) in [5, 5.41) is 2.23. The Morgan fingerprint density at radius 2 is 1.60 bits per heavy atom. The van der Waals surface area contributed by atoms with Crippen molar-refractivity contribution in [1.82, 2.24) is 0 Å². The van der Waals surface area contributed by atoms with Crippen molar-refractivity contribution in [3.63, 3.8) is 0 Å². The standard InChI is InChI=1S/C18H14O2/c19-17-5-1-3-11-13-7-10-16-12(4-2-6-18(16)20)14(13)8-9-15(11)17/h1,3,7-10H,2,4-6H2. The Hall–Kier alpha value is -2.22. The maximum atomic E-state index is 12.0. The van der Waals surface area contributed by atoms with Gasteiger partial charge in [-0.3, -0.25) is 9.59 Å². The second-order valence-corrected chi connectivity index (χ2v) is 5.52. The van der Waals surface area contributed by atoms with Crippen LogP contribution in [0.5, 0.6) is 0 Å². The lowest BCUT2D eigenvalue weighted by molar-refractivity contribution is 0.0970. The number of aryl methyl sites for hydroxylation is 1. The average Bonchev–Trinajstić information content (AvgIpc) is 2.47. The van der Waals surface area contributed by atoms with Gasteiger partial charge in [0, 0.05) is 24.0 Å². The van der Waals surface area contributed by atoms with E-state index in [0.717, 1.165) is 45.9 Å². The molecule has 2 aliphatic rings. The number of ketones is 2. The highest BCUT2D eigenvalue weighted by atomic mass is 16.1. The third-order valence-corrected chi connectivity index (χ3v) is 4.37. The van der Waals surface area contributed by atoms with Gasteiger partial charge in [-0.05, 0) is 34.7 Å². The van der Waals surface area contributed by atoms with E-state index in [9.17, 15) is 9.59 Å². The summed E-state index contributed by atoms with van der Waals surface area (Å²) in [6.45, 7) is 0. The van der Waals surface area contributed by atoms with Crippen LogP contribution in [-0.4, -0.2) is 11.6 Å². The van der Waals surface area contributed by atoms with Crippen LogP contribution in [0, 0.1) is 0 Å². The lowest BCUT2D eigenvalue weighted by Crippen LogP contribution is -2.12. The van der Waals surface area contributed by atoms with Gasteiger partial charge in [0.1, 0.15) is 0 Å². The second-order valence-electron chi connectivity index (χ2n) is 5.52. The van der Waals surface area contributed by atoms with Gasteiger partial charge in [-0.1, -0.05) is 36.4 Å². The van der Waals surface area contributed by atoms with E-state index < -0.39 is 0 Å². The Balaban J connectivity index is 2.08. The first kappa shape index (κ1) is 11.6. The molecule has 0 saturated carbocycles. The molecule has 4 rings (SSSR count). The maximum Gasteiger partial charge on any atom is 0.167 e. The number of allylic oxidation sites excluding steroid dienone is 1. The summed E-state index contributed by atoms with van der Waals surface area (Å²) >= 11 is 0. The largest absolute Gasteiger partial charge is 0.294 e. The third-order valence-electron chi connectivity index (χ3n) is 4.37. The molecule has 2 nitrogen and oxygen atoms in total. The number of fused-ring (bicyclic) bond motifs is 5. The molecule has 0 amide bonds. The van der Waals surface area contributed by atoms with Crippen molar-refractivity contribution in [3.05, 3.63) is 52.6 Å². The van der Waals surface area contributed by atoms with E-state index in [0.29, 0.717) is 12.8 Å². The molecule has 0 unspecified atom stereocenters. The summed E-state index contributed by atoms with van der Waals surface area (Å²) in [7, 11) is 0. The summed E-state index contributed by atoms with van der Waals surface area (Å²) in [4.78, 5) is 24.0. The lowest BCUT2D eigenvalue weighted by atomic mass is 9.83. The van der Waals surface area contributed by atoms with Crippen molar-refractivity contribution >= 4 is 28.4 Å². The van der Waals surface area contributed by atoms with Crippen LogP contribution < -0.4 is 0 Å². The van der Waals surface area contributed by atoms with E-state index in [1.54, 1.807) is 0 Å². The molecule has 0 aliphatic heterocycles. The van der Waals surface area contributed by atoms with Gasteiger partial charge in [0.05, 0.1) is 0 Å². The fraction of sp³-hybridized carbons (Fsp3) is 0.222. The molecular weight excluding hydrogens is 248 g/mol. The zero-order valence-corrected chi connectivity index (χ0v) is 11.1. The van der Waals surface area contributed by atoms with E-state index in [1.807, 2.05) is 36.4 Å². The molecule has 0 bridgehead atoms. The summed E-state index contributed by atoms with van der Waals surface area (Å²) < 4.78 is 0. The van der Waals surface area contributed by atoms with Crippen LogP contribution in [0.2, 0.25) is 0 Å². The second kappa shape index (κ2) is 4.14. The molecule has 0 N–H and O–H groups in total. The Labute approximate surface area is 117 Å². The smallest absolute Gasteiger partial charge is 0.167 e. The van der Waals surface area contributed by atoms with E-state index in [1.165, 1.54) is 0 Å². The van der Waals surface area contributed by atoms with Crippen LogP contribution in [0.15, 0.2) is 30.3 Å². The zero-order valence-electron chi connectivity index (χ0n) is 11.1. The van der Waals surface area contributed by atoms with Gasteiger partial charge in [-0.15, -0.1) is 0 Å². The van der Waals surface area contributed by atoms with Gasteiger partial charge in [-0.2, -0.15) is 0 Å². The van der Waals surface area contributed by atoms with Crippen LogP contribution in [0.3, 0.4) is 0 Å². The summed E-state index contributed by atoms with van der Waals surface area (Å²) in [5.74, 6) is 0.427. The molecule has 0 atom stereocenters. The molecule has 2 aromatic rings. The van der Waals surface area contributed by atoms with Gasteiger partial charge in [0.2, 0.25) is 0 Å². The van der Waals surface area contributed by atoms with Crippen molar-refractivity contribution in [2.45, 2.75) is 25.7 Å². The van der Waals surface area contributed by atoms with Crippen LogP contribution in [0.25, 0.3) is 16.8 Å². The summed E-state index contributed by atoms with van der Waals surface area (Å²) in [6, 6.07) is 7.87. The van der Waals surface area contributed by atoms with Crippen molar-refractivity contribution < 1.29 is 9.59 Å². The topological polar surface area (TPSA) is 34.1 Å². The lowest BCUT2D eigenvalue weighted by Gasteiger charge is -2.19. The van der Waals surface area contributed by atoms with Gasteiger partial charge in [-0.25, -0.2) is 0 Å². The van der Waals surface area contributed by atoms with Gasteiger partial charge < -0.3 is 0 Å². The van der Waals surface area contributed by atoms with Crippen LogP contribution in [0.4, 0.5) is 0 Å². The molecule has 2 heteroatoms. The average molecular weight is 262 g/mol. The normalized spacial score (nSPS) is 17.2. The highest BCUT2D eigenvalue weighted by Crippen LogP contribution is 2.34. The fourth-order valence-electron chi connectivity index (χ4n) is 3.40. The van der Waals surface area contributed by atoms with Crippen molar-refractivity contribution in [1.29, 1.82) is 0 Å². The number of hydrogen-bond acceptors (Lipinski definition) is 2. The number of rotatable bonds is 0. The number of carbonyl (C=O) groups is 2. The minimum atomic E-state index is 0.179. The minimum Gasteiger partial charge on any atom is -0.294 e. The van der Waals surface area contributed by atoms with Gasteiger partial charge in [0.15, 0.2) is 11.6 Å². The molecule has 0 saturated heterocycles. The zero-order chi connectivity index (χ0) is 13.7. The molecular formula is C18H14O2. The highest BCUT2D eigenvalue weighted by molar-refractivity contribution is 6.11. The molecule has 20 heavy (non-hydrogen) atoms. The van der Waals surface area contributed by atoms with E-state index in [2.05, 4.69) is 0 Å². The minimum absolute atomic E-state index is 0.179. The molecule has 0 spiro atoms. The quantitative estimate of drug-likeness (QED) is 0.720. The first-order valence-electron chi connectivity index (χ1n) is 7.07. The molecule has 2 aromatic carbocycles. The Bertz CT molecular complexity index is 797. The molecule has 2 aliphatic carbocycles. The number of carbonyl (C=O) groups excluding carboxylic acids is 2. The Morgan fingerprint density at radius 3 is 2.50 bits per heavy atom. The monoisotopic (exact) mass is 262 g/mol. The first-order valence-corrected chi connectivity index (χ1v) is 7.07. The first-order chi connectivity index (χ1) is 9.75. The van der Waals surface area contributed by atoms with Crippen molar-refractivity contribution in [3.8, 4) is 0 Å². The number of benzene rings is 2. The van der Waals surface area contributed by atoms with Crippen molar-refractivity contribution in [2.24, 2.45) is 0 Å². The SMILES string of the molecule is O=C1CC=Cc2c1ccc1c3c(ccc21)C(=O)CCC3. The van der Waals surface area contributed by atoms with E-state index in [-0.39, 0.29) is 11.6 Å². The Morgan fingerprint density at radius 1 is 0.800 bits per heavy atom. The summed E-state index contributed by atoms with van der Waals surface area (Å²) in [5.41, 5.74) is 3.85. The van der Waals surface area contributed by atoms with Crippen LogP contribution in [-0.2, 0) is 6.42 Å². The predicted octanol–water partition coefficient (Wildman–Crippen LogP) is 3.96. The van der Waals surface area contributed by atoms with Gasteiger partial charge >= 0.3 is 0 Å². The summed E-state index contributed by atoms with van der Waals surface area (Å²) in [6.07, 6.45) is 6.99. The number of Topliss-reactive ketones (excluding diaryl/α,β-unsaturated/α-hetero) is 2. The predicted molar refractivity (Wildman–Crippen MR) is 79.2 cm³/mol. The molecule has 0 heterocycles. The number of hydrogen-bond donors (Lipinski definition) is 0. The third kappa shape index (κ3) is 1.51. The molecule has 0 radical (unpaired) electrons. The van der Waals surface area contributed by atoms with E-state index in [4.69, 9.17) is 0 Å². The molecule has 0 aromatic heterocycles. The molecule has 98 valence electrons. The fourth-order valence-corrected chi connectivity index (χ4v) is 3.40. The molecule has 0 fully saturated rings. The van der Waals surface area contributed by atoms with Gasteiger partial charge in [0.25, 0.3) is 0 Å². The van der Waals surface area contributed by atoms with Crippen molar-refractivity contribution in [2.75, 3.05) is 0 Å². The van der Waals surface area contributed by atoms with E-state index >= 15 is 0 Å².